The molecule has 0 aromatic heterocycles. The van der Waals surface area contributed by atoms with Gasteiger partial charge in [0.05, 0.1) is 11.1 Å². The lowest BCUT2D eigenvalue weighted by molar-refractivity contribution is -0.206. The summed E-state index contributed by atoms with van der Waals surface area (Å²) in [6, 6.07) is 12.1. The monoisotopic (exact) mass is 408 g/mol. The van der Waals surface area contributed by atoms with Gasteiger partial charge in [0, 0.05) is 0 Å². The number of esters is 1. The molecule has 156 valence electrons. The molecule has 2 aromatic carbocycles. The molecular weight excluding hydrogens is 385 g/mol. The minimum Gasteiger partial charge on any atom is -0.478 e. The van der Waals surface area contributed by atoms with Crippen LogP contribution in [-0.2, 0) is 4.74 Å². The van der Waals surface area contributed by atoms with Crippen molar-refractivity contribution in [2.75, 3.05) is 0 Å². The summed E-state index contributed by atoms with van der Waals surface area (Å²) in [6.45, 7) is 1.96. The van der Waals surface area contributed by atoms with E-state index in [1.807, 2.05) is 6.92 Å². The minimum absolute atomic E-state index is 0.0266. The lowest BCUT2D eigenvalue weighted by atomic mass is 10.0. The predicted octanol–water partition coefficient (Wildman–Crippen LogP) is 6.11. The third-order valence-corrected chi connectivity index (χ3v) is 4.52. The van der Waals surface area contributed by atoms with Gasteiger partial charge in [-0.05, 0) is 48.2 Å². The molecule has 29 heavy (non-hydrogen) atoms. The van der Waals surface area contributed by atoms with Crippen LogP contribution >= 0.6 is 0 Å². The van der Waals surface area contributed by atoms with Crippen molar-refractivity contribution in [1.82, 2.24) is 0 Å². The molecule has 0 spiro atoms. The third kappa shape index (κ3) is 6.62. The SMILES string of the molecule is CCCCCC[C@@H](OC(=O)c1ccc(-c2ccc(C(=O)O)cc2)cc1)C(F)(F)F. The van der Waals surface area contributed by atoms with E-state index >= 15 is 0 Å². The number of benzene rings is 2. The van der Waals surface area contributed by atoms with Crippen molar-refractivity contribution < 1.29 is 32.6 Å². The number of halogens is 3. The summed E-state index contributed by atoms with van der Waals surface area (Å²) in [5.74, 6) is -2.06. The van der Waals surface area contributed by atoms with Crippen LogP contribution in [0.5, 0.6) is 0 Å². The molecule has 0 aliphatic rings. The van der Waals surface area contributed by atoms with E-state index in [9.17, 15) is 22.8 Å². The number of hydrogen-bond donors (Lipinski definition) is 1. The topological polar surface area (TPSA) is 63.6 Å². The van der Waals surface area contributed by atoms with E-state index in [2.05, 4.69) is 0 Å². The molecule has 0 radical (unpaired) electrons. The van der Waals surface area contributed by atoms with Gasteiger partial charge in [0.15, 0.2) is 6.10 Å². The molecule has 4 nitrogen and oxygen atoms in total. The van der Waals surface area contributed by atoms with Crippen molar-refractivity contribution in [2.24, 2.45) is 0 Å². The molecule has 0 amide bonds. The highest BCUT2D eigenvalue weighted by Gasteiger charge is 2.42. The van der Waals surface area contributed by atoms with E-state index in [4.69, 9.17) is 9.84 Å². The van der Waals surface area contributed by atoms with Gasteiger partial charge in [0.1, 0.15) is 0 Å². The summed E-state index contributed by atoms with van der Waals surface area (Å²) >= 11 is 0. The highest BCUT2D eigenvalue weighted by molar-refractivity contribution is 5.90. The van der Waals surface area contributed by atoms with Crippen LogP contribution in [-0.4, -0.2) is 29.3 Å². The first-order valence-corrected chi connectivity index (χ1v) is 9.44. The molecule has 0 unspecified atom stereocenters. The quantitative estimate of drug-likeness (QED) is 0.402. The van der Waals surface area contributed by atoms with Crippen LogP contribution in [0.4, 0.5) is 13.2 Å². The zero-order valence-electron chi connectivity index (χ0n) is 16.0. The van der Waals surface area contributed by atoms with E-state index in [-0.39, 0.29) is 17.5 Å². The number of aromatic carboxylic acids is 1. The van der Waals surface area contributed by atoms with E-state index in [1.54, 1.807) is 24.3 Å². The Bertz CT molecular complexity index is 811. The summed E-state index contributed by atoms with van der Waals surface area (Å²) in [4.78, 5) is 23.1. The highest BCUT2D eigenvalue weighted by Crippen LogP contribution is 2.28. The van der Waals surface area contributed by atoms with Gasteiger partial charge in [-0.2, -0.15) is 13.2 Å². The zero-order valence-corrected chi connectivity index (χ0v) is 16.0. The molecule has 2 aromatic rings. The van der Waals surface area contributed by atoms with Crippen LogP contribution in [0, 0.1) is 0 Å². The fourth-order valence-electron chi connectivity index (χ4n) is 2.85. The van der Waals surface area contributed by atoms with Gasteiger partial charge in [-0.15, -0.1) is 0 Å². The molecule has 0 bridgehead atoms. The van der Waals surface area contributed by atoms with Gasteiger partial charge in [-0.25, -0.2) is 9.59 Å². The lowest BCUT2D eigenvalue weighted by Crippen LogP contribution is -2.33. The van der Waals surface area contributed by atoms with Gasteiger partial charge in [0.25, 0.3) is 0 Å². The van der Waals surface area contributed by atoms with Crippen LogP contribution in [0.1, 0.15) is 59.7 Å². The fourth-order valence-corrected chi connectivity index (χ4v) is 2.85. The van der Waals surface area contributed by atoms with Gasteiger partial charge in [-0.1, -0.05) is 50.5 Å². The summed E-state index contributed by atoms with van der Waals surface area (Å²) < 4.78 is 44.2. The molecule has 7 heteroatoms. The molecule has 0 saturated carbocycles. The van der Waals surface area contributed by atoms with Gasteiger partial charge in [0.2, 0.25) is 0 Å². The summed E-state index contributed by atoms with van der Waals surface area (Å²) in [5, 5.41) is 8.92. The highest BCUT2D eigenvalue weighted by atomic mass is 19.4. The smallest absolute Gasteiger partial charge is 0.425 e. The van der Waals surface area contributed by atoms with E-state index in [0.717, 1.165) is 18.4 Å². The molecule has 2 rings (SSSR count). The standard InChI is InChI=1S/C22H23F3O4/c1-2-3-4-5-6-19(22(23,24)25)29-21(28)18-13-9-16(10-14-18)15-7-11-17(12-8-15)20(26)27/h7-14,19H,2-6H2,1H3,(H,26,27)/t19-/m1/s1. The zero-order chi connectivity index (χ0) is 21.4. The first kappa shape index (κ1) is 22.5. The Morgan fingerprint density at radius 2 is 1.41 bits per heavy atom. The van der Waals surface area contributed by atoms with E-state index in [0.29, 0.717) is 18.4 Å². The first-order chi connectivity index (χ1) is 13.7. The summed E-state index contributed by atoms with van der Waals surface area (Å²) in [6.07, 6.45) is -4.21. The molecule has 0 saturated heterocycles. The van der Waals surface area contributed by atoms with Crippen molar-refractivity contribution in [3.8, 4) is 11.1 Å². The number of carbonyl (C=O) groups is 2. The summed E-state index contributed by atoms with van der Waals surface area (Å²) in [5.41, 5.74) is 1.59. The number of rotatable bonds is 9. The Balaban J connectivity index is 2.05. The van der Waals surface area contributed by atoms with Crippen LogP contribution in [0.15, 0.2) is 48.5 Å². The molecule has 0 heterocycles. The van der Waals surface area contributed by atoms with Crippen LogP contribution in [0.25, 0.3) is 11.1 Å². The van der Waals surface area contributed by atoms with Crippen LogP contribution in [0.3, 0.4) is 0 Å². The van der Waals surface area contributed by atoms with Gasteiger partial charge < -0.3 is 9.84 Å². The Hall–Kier alpha value is -2.83. The van der Waals surface area contributed by atoms with Crippen molar-refractivity contribution >= 4 is 11.9 Å². The Morgan fingerprint density at radius 3 is 1.86 bits per heavy atom. The normalized spacial score (nSPS) is 12.4. The second-order valence-electron chi connectivity index (χ2n) is 6.74. The molecule has 0 aliphatic heterocycles. The molecular formula is C22H23F3O4. The van der Waals surface area contributed by atoms with Crippen molar-refractivity contribution in [3.05, 3.63) is 59.7 Å². The average molecular weight is 408 g/mol. The van der Waals surface area contributed by atoms with Gasteiger partial charge in [-0.3, -0.25) is 0 Å². The van der Waals surface area contributed by atoms with E-state index in [1.165, 1.54) is 24.3 Å². The van der Waals surface area contributed by atoms with Crippen molar-refractivity contribution in [3.63, 3.8) is 0 Å². The lowest BCUT2D eigenvalue weighted by Gasteiger charge is -2.20. The number of hydrogen-bond acceptors (Lipinski definition) is 3. The van der Waals surface area contributed by atoms with Crippen molar-refractivity contribution in [2.45, 2.75) is 51.3 Å². The van der Waals surface area contributed by atoms with Gasteiger partial charge >= 0.3 is 18.1 Å². The second kappa shape index (κ2) is 10.1. The number of carboxylic acids is 1. The Labute approximate surface area is 167 Å². The number of alkyl halides is 3. The van der Waals surface area contributed by atoms with E-state index < -0.39 is 24.2 Å². The number of carboxylic acid groups (broad SMARTS) is 1. The van der Waals surface area contributed by atoms with Crippen LogP contribution < -0.4 is 0 Å². The Kier molecular flexibility index (Phi) is 7.82. The Morgan fingerprint density at radius 1 is 0.897 bits per heavy atom. The molecule has 0 fully saturated rings. The maximum atomic E-state index is 13.2. The predicted molar refractivity (Wildman–Crippen MR) is 103 cm³/mol. The maximum Gasteiger partial charge on any atom is 0.425 e. The third-order valence-electron chi connectivity index (χ3n) is 4.52. The number of unbranched alkanes of at least 4 members (excludes halogenated alkanes) is 3. The fraction of sp³-hybridized carbons (Fsp3) is 0.364. The first-order valence-electron chi connectivity index (χ1n) is 9.44. The molecule has 1 atom stereocenters. The summed E-state index contributed by atoms with van der Waals surface area (Å²) in [7, 11) is 0. The number of ether oxygens (including phenoxy) is 1. The second-order valence-corrected chi connectivity index (χ2v) is 6.74. The maximum absolute atomic E-state index is 13.2. The average Bonchev–Trinajstić information content (AvgIpc) is 2.69. The largest absolute Gasteiger partial charge is 0.478 e. The number of carbonyl (C=O) groups excluding carboxylic acids is 1. The van der Waals surface area contributed by atoms with Crippen molar-refractivity contribution in [1.29, 1.82) is 0 Å². The molecule has 0 aliphatic carbocycles. The molecule has 1 N–H and O–H groups in total. The van der Waals surface area contributed by atoms with Crippen LogP contribution in [0.2, 0.25) is 0 Å². The minimum atomic E-state index is -4.60.